The third-order valence-electron chi connectivity index (χ3n) is 3.86. The number of hydrogen-bond donors (Lipinski definition) is 1. The smallest absolute Gasteiger partial charge is 0.339 e. The van der Waals surface area contributed by atoms with Gasteiger partial charge in [0.2, 0.25) is 0 Å². The Morgan fingerprint density at radius 2 is 1.92 bits per heavy atom. The van der Waals surface area contributed by atoms with E-state index in [1.165, 1.54) is 0 Å². The molecule has 0 unspecified atom stereocenters. The van der Waals surface area contributed by atoms with Gasteiger partial charge in [0, 0.05) is 5.56 Å². The Bertz CT molecular complexity index is 870. The first-order valence-corrected chi connectivity index (χ1v) is 7.59. The number of aromatic carboxylic acids is 1. The molecule has 1 aromatic heterocycles. The van der Waals surface area contributed by atoms with Crippen molar-refractivity contribution >= 4 is 5.97 Å². The number of methoxy groups -OCH3 is 1. The van der Waals surface area contributed by atoms with Crippen LogP contribution in [0.2, 0.25) is 0 Å². The Balaban J connectivity index is 2.15. The van der Waals surface area contributed by atoms with E-state index in [4.69, 9.17) is 4.74 Å². The number of aromatic nitrogens is 2. The fourth-order valence-corrected chi connectivity index (χ4v) is 2.77. The van der Waals surface area contributed by atoms with Gasteiger partial charge in [0.1, 0.15) is 11.3 Å². The van der Waals surface area contributed by atoms with Crippen LogP contribution in [0.3, 0.4) is 0 Å². The highest BCUT2D eigenvalue weighted by Gasteiger charge is 2.22. The summed E-state index contributed by atoms with van der Waals surface area (Å²) in [6, 6.07) is 17.2. The molecule has 0 atom stereocenters. The molecule has 24 heavy (non-hydrogen) atoms. The number of nitrogens with zero attached hydrogens (tertiary/aromatic N) is 2. The van der Waals surface area contributed by atoms with Crippen molar-refractivity contribution in [2.24, 2.45) is 0 Å². The maximum Gasteiger partial charge on any atom is 0.339 e. The third kappa shape index (κ3) is 3.01. The molecule has 0 radical (unpaired) electrons. The summed E-state index contributed by atoms with van der Waals surface area (Å²) >= 11 is 0. The summed E-state index contributed by atoms with van der Waals surface area (Å²) in [6.07, 6.45) is 0. The van der Waals surface area contributed by atoms with Crippen molar-refractivity contribution in [1.29, 1.82) is 0 Å². The zero-order valence-corrected chi connectivity index (χ0v) is 13.6. The zero-order valence-electron chi connectivity index (χ0n) is 13.6. The molecule has 5 heteroatoms. The Hall–Kier alpha value is -3.08. The van der Waals surface area contributed by atoms with Gasteiger partial charge < -0.3 is 9.84 Å². The predicted molar refractivity (Wildman–Crippen MR) is 91.5 cm³/mol. The highest BCUT2D eigenvalue weighted by molar-refractivity contribution is 5.96. The fraction of sp³-hybridized carbons (Fsp3) is 0.158. The molecule has 3 aromatic rings. The second kappa shape index (κ2) is 6.58. The summed E-state index contributed by atoms with van der Waals surface area (Å²) in [7, 11) is 1.59. The van der Waals surface area contributed by atoms with Crippen molar-refractivity contribution in [2.45, 2.75) is 13.5 Å². The molecular formula is C19H18N2O3. The van der Waals surface area contributed by atoms with Crippen molar-refractivity contribution < 1.29 is 14.6 Å². The molecule has 1 heterocycles. The van der Waals surface area contributed by atoms with E-state index in [1.807, 2.05) is 54.6 Å². The zero-order chi connectivity index (χ0) is 17.1. The lowest BCUT2D eigenvalue weighted by atomic mass is 10.1. The molecule has 0 aliphatic heterocycles. The van der Waals surface area contributed by atoms with Crippen molar-refractivity contribution in [3.05, 3.63) is 71.4 Å². The van der Waals surface area contributed by atoms with Crippen LogP contribution < -0.4 is 4.74 Å². The van der Waals surface area contributed by atoms with Crippen LogP contribution in [0.4, 0.5) is 0 Å². The van der Waals surface area contributed by atoms with Gasteiger partial charge >= 0.3 is 5.97 Å². The average Bonchev–Trinajstić information content (AvgIpc) is 2.92. The van der Waals surface area contributed by atoms with Gasteiger partial charge in [-0.25, -0.2) is 4.79 Å². The molecule has 1 N–H and O–H groups in total. The minimum Gasteiger partial charge on any atom is -0.497 e. The number of rotatable bonds is 5. The van der Waals surface area contributed by atoms with Crippen LogP contribution >= 0.6 is 0 Å². The standard InChI is InChI=1S/C19H18N2O3/c1-13-17(19(22)23)18(15-9-6-10-16(11-15)24-2)21(20-13)12-14-7-4-3-5-8-14/h3-11H,12H2,1-2H3,(H,22,23). The Labute approximate surface area is 140 Å². The number of aryl methyl sites for hydroxylation is 1. The molecule has 0 saturated carbocycles. The Kier molecular flexibility index (Phi) is 4.33. The second-order valence-electron chi connectivity index (χ2n) is 5.49. The molecule has 0 saturated heterocycles. The Morgan fingerprint density at radius 3 is 2.58 bits per heavy atom. The number of hydrogen-bond acceptors (Lipinski definition) is 3. The molecule has 122 valence electrons. The quantitative estimate of drug-likeness (QED) is 0.779. The molecular weight excluding hydrogens is 304 g/mol. The average molecular weight is 322 g/mol. The van der Waals surface area contributed by atoms with Gasteiger partial charge in [-0.3, -0.25) is 4.68 Å². The Morgan fingerprint density at radius 1 is 1.17 bits per heavy atom. The molecule has 3 rings (SSSR count). The lowest BCUT2D eigenvalue weighted by Crippen LogP contribution is -2.06. The highest BCUT2D eigenvalue weighted by Crippen LogP contribution is 2.29. The minimum absolute atomic E-state index is 0.221. The number of carboxylic acid groups (broad SMARTS) is 1. The van der Waals surface area contributed by atoms with E-state index in [-0.39, 0.29) is 5.56 Å². The fourth-order valence-electron chi connectivity index (χ4n) is 2.77. The van der Waals surface area contributed by atoms with Gasteiger partial charge in [-0.2, -0.15) is 5.10 Å². The molecule has 0 aliphatic rings. The van der Waals surface area contributed by atoms with Gasteiger partial charge in [-0.1, -0.05) is 42.5 Å². The minimum atomic E-state index is -0.982. The number of carbonyl (C=O) groups is 1. The van der Waals surface area contributed by atoms with E-state index in [1.54, 1.807) is 18.7 Å². The lowest BCUT2D eigenvalue weighted by molar-refractivity contribution is 0.0697. The van der Waals surface area contributed by atoms with E-state index >= 15 is 0 Å². The van der Waals surface area contributed by atoms with Gasteiger partial charge in [0.25, 0.3) is 0 Å². The number of carboxylic acids is 1. The van der Waals surface area contributed by atoms with Crippen LogP contribution in [-0.4, -0.2) is 28.0 Å². The lowest BCUT2D eigenvalue weighted by Gasteiger charge is -2.10. The summed E-state index contributed by atoms with van der Waals surface area (Å²) in [5, 5.41) is 14.1. The summed E-state index contributed by atoms with van der Waals surface area (Å²) in [4.78, 5) is 11.8. The predicted octanol–water partition coefficient (Wildman–Crippen LogP) is 3.61. The summed E-state index contributed by atoms with van der Waals surface area (Å²) in [5.74, 6) is -0.307. The normalized spacial score (nSPS) is 10.6. The van der Waals surface area contributed by atoms with Crippen molar-refractivity contribution in [3.63, 3.8) is 0 Å². The molecule has 0 bridgehead atoms. The van der Waals surface area contributed by atoms with Gasteiger partial charge in [0.15, 0.2) is 0 Å². The molecule has 0 fully saturated rings. The molecule has 0 spiro atoms. The largest absolute Gasteiger partial charge is 0.497 e. The van der Waals surface area contributed by atoms with Crippen LogP contribution in [0.1, 0.15) is 21.6 Å². The van der Waals surface area contributed by atoms with Gasteiger partial charge in [-0.05, 0) is 24.6 Å². The molecule has 0 aliphatic carbocycles. The van der Waals surface area contributed by atoms with Crippen LogP contribution in [0, 0.1) is 6.92 Å². The van der Waals surface area contributed by atoms with Crippen molar-refractivity contribution in [3.8, 4) is 17.0 Å². The van der Waals surface area contributed by atoms with Crippen LogP contribution in [0.15, 0.2) is 54.6 Å². The highest BCUT2D eigenvalue weighted by atomic mass is 16.5. The van der Waals surface area contributed by atoms with Crippen LogP contribution in [0.25, 0.3) is 11.3 Å². The molecule has 5 nitrogen and oxygen atoms in total. The van der Waals surface area contributed by atoms with E-state index in [9.17, 15) is 9.90 Å². The monoisotopic (exact) mass is 322 g/mol. The van der Waals surface area contributed by atoms with Crippen LogP contribution in [0.5, 0.6) is 5.75 Å². The maximum atomic E-state index is 11.8. The van der Waals surface area contributed by atoms with E-state index in [0.717, 1.165) is 11.1 Å². The van der Waals surface area contributed by atoms with Gasteiger partial charge in [-0.15, -0.1) is 0 Å². The molecule has 2 aromatic carbocycles. The summed E-state index contributed by atoms with van der Waals surface area (Å²) in [5.41, 5.74) is 3.13. The summed E-state index contributed by atoms with van der Waals surface area (Å²) in [6.45, 7) is 2.22. The topological polar surface area (TPSA) is 64.3 Å². The van der Waals surface area contributed by atoms with E-state index in [2.05, 4.69) is 5.10 Å². The van der Waals surface area contributed by atoms with Gasteiger partial charge in [0.05, 0.1) is 25.0 Å². The third-order valence-corrected chi connectivity index (χ3v) is 3.86. The molecule has 0 amide bonds. The van der Waals surface area contributed by atoms with E-state index in [0.29, 0.717) is 23.7 Å². The summed E-state index contributed by atoms with van der Waals surface area (Å²) < 4.78 is 7.00. The first-order valence-electron chi connectivity index (χ1n) is 7.59. The SMILES string of the molecule is COc1cccc(-c2c(C(=O)O)c(C)nn2Cc2ccccc2)c1. The van der Waals surface area contributed by atoms with Crippen LogP contribution in [-0.2, 0) is 6.54 Å². The van der Waals surface area contributed by atoms with Crippen molar-refractivity contribution in [1.82, 2.24) is 9.78 Å². The van der Waals surface area contributed by atoms with Crippen molar-refractivity contribution in [2.75, 3.05) is 7.11 Å². The first-order chi connectivity index (χ1) is 11.6. The number of ether oxygens (including phenoxy) is 1. The number of benzene rings is 2. The second-order valence-corrected chi connectivity index (χ2v) is 5.49. The van der Waals surface area contributed by atoms with E-state index < -0.39 is 5.97 Å². The maximum absolute atomic E-state index is 11.8. The first kappa shape index (κ1) is 15.8.